The Morgan fingerprint density at radius 1 is 0.438 bits per heavy atom. The summed E-state index contributed by atoms with van der Waals surface area (Å²) in [4.78, 5) is 23.2. The summed E-state index contributed by atoms with van der Waals surface area (Å²) in [6, 6.07) is 0. The molecule has 0 bridgehead atoms. The maximum absolute atomic E-state index is 12.8. The SMILES string of the molecule is CCCCCCCCCCCCCCCCCCCCCCCCCC(=O)OC(COCCCCCCCCCCCCCCCC)COP(=O)(O)OC1C(O)C(O)C(O)C(O)C1O. The number of carbonyl (C=O) groups excluding carboxylic acids is 1. The Kier molecular flexibility index (Phi) is 40.7. The van der Waals surface area contributed by atoms with Gasteiger partial charge in [0.25, 0.3) is 0 Å². The molecule has 1 aliphatic rings. The number of rotatable bonds is 47. The van der Waals surface area contributed by atoms with E-state index in [4.69, 9.17) is 18.5 Å². The van der Waals surface area contributed by atoms with E-state index in [0.717, 1.165) is 38.5 Å². The molecule has 1 saturated carbocycles. The molecule has 12 nitrogen and oxygen atoms in total. The average molecular weight is 937 g/mol. The summed E-state index contributed by atoms with van der Waals surface area (Å²) >= 11 is 0. The molecule has 0 aromatic rings. The maximum Gasteiger partial charge on any atom is 0.472 e. The molecule has 13 heteroatoms. The second kappa shape index (κ2) is 42.4. The third-order valence-corrected chi connectivity index (χ3v) is 14.0. The van der Waals surface area contributed by atoms with Crippen molar-refractivity contribution in [3.8, 4) is 0 Å². The number of aliphatic hydroxyl groups is 5. The van der Waals surface area contributed by atoms with E-state index in [0.29, 0.717) is 13.0 Å². The van der Waals surface area contributed by atoms with E-state index in [9.17, 15) is 39.8 Å². The fourth-order valence-corrected chi connectivity index (χ4v) is 9.68. The molecule has 6 N–H and O–H groups in total. The Labute approximate surface area is 391 Å². The van der Waals surface area contributed by atoms with Crippen LogP contribution >= 0.6 is 7.82 Å². The van der Waals surface area contributed by atoms with E-state index in [-0.39, 0.29) is 13.0 Å². The third kappa shape index (κ3) is 33.8. The van der Waals surface area contributed by atoms with Crippen LogP contribution < -0.4 is 0 Å². The predicted octanol–water partition coefficient (Wildman–Crippen LogP) is 12.1. The molecule has 0 aliphatic heterocycles. The van der Waals surface area contributed by atoms with E-state index in [2.05, 4.69) is 13.8 Å². The molecule has 64 heavy (non-hydrogen) atoms. The number of carbonyl (C=O) groups is 1. The van der Waals surface area contributed by atoms with Crippen molar-refractivity contribution in [3.05, 3.63) is 0 Å². The number of hydrogen-bond acceptors (Lipinski definition) is 11. The van der Waals surface area contributed by atoms with E-state index in [1.54, 1.807) is 0 Å². The van der Waals surface area contributed by atoms with Gasteiger partial charge in [0.1, 0.15) is 42.7 Å². The van der Waals surface area contributed by atoms with Crippen molar-refractivity contribution >= 4 is 13.8 Å². The Morgan fingerprint density at radius 2 is 0.734 bits per heavy atom. The van der Waals surface area contributed by atoms with Crippen LogP contribution in [0.4, 0.5) is 0 Å². The molecule has 1 fully saturated rings. The van der Waals surface area contributed by atoms with Gasteiger partial charge in [-0.15, -0.1) is 0 Å². The molecular weight excluding hydrogens is 836 g/mol. The smallest absolute Gasteiger partial charge is 0.457 e. The van der Waals surface area contributed by atoms with Gasteiger partial charge >= 0.3 is 13.8 Å². The summed E-state index contributed by atoms with van der Waals surface area (Å²) in [5.74, 6) is -0.468. The van der Waals surface area contributed by atoms with Crippen molar-refractivity contribution in [2.75, 3.05) is 19.8 Å². The highest BCUT2D eigenvalue weighted by molar-refractivity contribution is 7.47. The molecule has 0 spiro atoms. The fraction of sp³-hybridized carbons (Fsp3) is 0.980. The lowest BCUT2D eigenvalue weighted by Gasteiger charge is -2.41. The number of phosphoric acid groups is 1. The van der Waals surface area contributed by atoms with Gasteiger partial charge in [0.2, 0.25) is 0 Å². The van der Waals surface area contributed by atoms with Gasteiger partial charge in [-0.3, -0.25) is 13.8 Å². The molecule has 6 atom stereocenters. The van der Waals surface area contributed by atoms with Gasteiger partial charge in [-0.1, -0.05) is 239 Å². The summed E-state index contributed by atoms with van der Waals surface area (Å²) in [5, 5.41) is 50.3. The zero-order valence-electron chi connectivity index (χ0n) is 41.1. The van der Waals surface area contributed by atoms with Crippen LogP contribution in [-0.4, -0.2) is 98.9 Å². The van der Waals surface area contributed by atoms with Crippen LogP contribution in [0.15, 0.2) is 0 Å². The lowest BCUT2D eigenvalue weighted by molar-refractivity contribution is -0.220. The van der Waals surface area contributed by atoms with Gasteiger partial charge in [0.05, 0.1) is 13.2 Å². The van der Waals surface area contributed by atoms with Crippen LogP contribution in [-0.2, 0) is 27.9 Å². The minimum absolute atomic E-state index is 0.0676. The van der Waals surface area contributed by atoms with Gasteiger partial charge in [-0.2, -0.15) is 0 Å². The first-order valence-electron chi connectivity index (χ1n) is 26.9. The zero-order chi connectivity index (χ0) is 46.9. The minimum atomic E-state index is -5.01. The van der Waals surface area contributed by atoms with Gasteiger partial charge in [0, 0.05) is 13.0 Å². The largest absolute Gasteiger partial charge is 0.472 e. The normalized spacial score (nSPS) is 21.6. The molecular formula is C51H101O12P. The quantitative estimate of drug-likeness (QED) is 0.0192. The fourth-order valence-electron chi connectivity index (χ4n) is 8.71. The van der Waals surface area contributed by atoms with Crippen LogP contribution in [0.1, 0.15) is 258 Å². The number of aliphatic hydroxyl groups excluding tert-OH is 5. The Bertz CT molecular complexity index is 1070. The third-order valence-electron chi connectivity index (χ3n) is 13.0. The van der Waals surface area contributed by atoms with Crippen molar-refractivity contribution in [2.45, 2.75) is 301 Å². The van der Waals surface area contributed by atoms with Gasteiger partial charge in [-0.05, 0) is 12.8 Å². The topological polar surface area (TPSA) is 192 Å². The Hall–Kier alpha value is -0.660. The highest BCUT2D eigenvalue weighted by atomic mass is 31.2. The number of esters is 1. The van der Waals surface area contributed by atoms with Gasteiger partial charge in [0.15, 0.2) is 0 Å². The van der Waals surface area contributed by atoms with Crippen molar-refractivity contribution in [3.63, 3.8) is 0 Å². The molecule has 6 unspecified atom stereocenters. The predicted molar refractivity (Wildman–Crippen MR) is 258 cm³/mol. The highest BCUT2D eigenvalue weighted by Crippen LogP contribution is 2.47. The standard InChI is InChI=1S/C51H101O12P/c1-3-5-7-9-11-13-15-17-19-20-21-22-23-24-25-26-27-28-30-32-34-36-38-40-45(52)62-44(42-60-41-39-37-35-33-31-29-18-16-14-12-10-8-6-4-2)43-61-64(58,59)63-51-49(56)47(54)46(53)48(55)50(51)57/h44,46-51,53-57H,3-43H2,1-2H3,(H,58,59). The molecule has 0 heterocycles. The first-order chi connectivity index (χ1) is 31.0. The van der Waals surface area contributed by atoms with Crippen molar-refractivity contribution in [1.82, 2.24) is 0 Å². The summed E-state index contributed by atoms with van der Waals surface area (Å²) in [6.07, 6.45) is 34.6. The van der Waals surface area contributed by atoms with Crippen LogP contribution in [0.25, 0.3) is 0 Å². The van der Waals surface area contributed by atoms with Crippen molar-refractivity contribution in [1.29, 1.82) is 0 Å². The molecule has 0 saturated heterocycles. The first-order valence-corrected chi connectivity index (χ1v) is 28.4. The minimum Gasteiger partial charge on any atom is -0.457 e. The number of hydrogen-bond donors (Lipinski definition) is 6. The van der Waals surface area contributed by atoms with Crippen LogP contribution in [0.3, 0.4) is 0 Å². The van der Waals surface area contributed by atoms with E-state index in [1.165, 1.54) is 193 Å². The van der Waals surface area contributed by atoms with Crippen molar-refractivity contribution < 1.29 is 58.3 Å². The second-order valence-electron chi connectivity index (χ2n) is 19.1. The van der Waals surface area contributed by atoms with E-state index in [1.807, 2.05) is 0 Å². The lowest BCUT2D eigenvalue weighted by atomic mass is 9.85. The van der Waals surface area contributed by atoms with Crippen LogP contribution in [0, 0.1) is 0 Å². The van der Waals surface area contributed by atoms with Crippen LogP contribution in [0.2, 0.25) is 0 Å². The van der Waals surface area contributed by atoms with E-state index < -0.39 is 63.1 Å². The van der Waals surface area contributed by atoms with Crippen LogP contribution in [0.5, 0.6) is 0 Å². The summed E-state index contributed by atoms with van der Waals surface area (Å²) in [6.45, 7) is 4.32. The molecule has 1 aliphatic carbocycles. The molecule has 0 radical (unpaired) electrons. The summed E-state index contributed by atoms with van der Waals surface area (Å²) < 4.78 is 34.3. The highest BCUT2D eigenvalue weighted by Gasteiger charge is 2.51. The molecule has 0 amide bonds. The summed E-state index contributed by atoms with van der Waals surface area (Å²) in [7, 11) is -5.01. The first kappa shape index (κ1) is 61.4. The average Bonchev–Trinajstić information content (AvgIpc) is 3.28. The lowest BCUT2D eigenvalue weighted by Crippen LogP contribution is -2.64. The zero-order valence-corrected chi connectivity index (χ0v) is 42.0. The van der Waals surface area contributed by atoms with Gasteiger partial charge in [-0.25, -0.2) is 4.57 Å². The maximum atomic E-state index is 12.8. The number of phosphoric ester groups is 1. The van der Waals surface area contributed by atoms with Gasteiger partial charge < -0.3 is 39.9 Å². The second-order valence-corrected chi connectivity index (χ2v) is 20.5. The molecule has 382 valence electrons. The Balaban J connectivity index is 2.27. The summed E-state index contributed by atoms with van der Waals surface area (Å²) in [5.41, 5.74) is 0. The molecule has 0 aromatic heterocycles. The van der Waals surface area contributed by atoms with Crippen molar-refractivity contribution in [2.24, 2.45) is 0 Å². The monoisotopic (exact) mass is 937 g/mol. The van der Waals surface area contributed by atoms with E-state index >= 15 is 0 Å². The molecule has 0 aromatic carbocycles. The molecule has 1 rings (SSSR count). The number of ether oxygens (including phenoxy) is 2. The number of unbranched alkanes of at least 4 members (excludes halogenated alkanes) is 35. The Morgan fingerprint density at radius 3 is 1.08 bits per heavy atom.